The van der Waals surface area contributed by atoms with Crippen LogP contribution in [0.15, 0.2) is 29.6 Å². The van der Waals surface area contributed by atoms with Crippen LogP contribution in [0.5, 0.6) is 0 Å². The fourth-order valence-electron chi connectivity index (χ4n) is 3.18. The summed E-state index contributed by atoms with van der Waals surface area (Å²) in [5.41, 5.74) is 7.93. The van der Waals surface area contributed by atoms with Gasteiger partial charge in [0.15, 0.2) is 0 Å². The molecule has 0 saturated heterocycles. The number of thiophene rings is 1. The van der Waals surface area contributed by atoms with E-state index in [1.165, 1.54) is 54.2 Å². The van der Waals surface area contributed by atoms with Crippen LogP contribution >= 0.6 is 11.3 Å². The van der Waals surface area contributed by atoms with Crippen molar-refractivity contribution in [3.63, 3.8) is 0 Å². The third-order valence-electron chi connectivity index (χ3n) is 4.28. The summed E-state index contributed by atoms with van der Waals surface area (Å²) in [6, 6.07) is 8.89. The summed E-state index contributed by atoms with van der Waals surface area (Å²) in [5.74, 6) is 0.686. The number of rotatable bonds is 2. The Labute approximate surface area is 113 Å². The molecular formula is C16H21NS. The lowest BCUT2D eigenvalue weighted by Crippen LogP contribution is -2.20. The number of fused-ring (bicyclic) bond motifs is 1. The van der Waals surface area contributed by atoms with E-state index in [1.54, 1.807) is 0 Å². The van der Waals surface area contributed by atoms with Gasteiger partial charge in [0.25, 0.3) is 0 Å². The van der Waals surface area contributed by atoms with Crippen LogP contribution < -0.4 is 5.73 Å². The third-order valence-corrected chi connectivity index (χ3v) is 5.26. The fourth-order valence-corrected chi connectivity index (χ4v) is 4.19. The van der Waals surface area contributed by atoms with Crippen molar-refractivity contribution in [2.24, 2.45) is 11.7 Å². The second kappa shape index (κ2) is 5.41. The summed E-state index contributed by atoms with van der Waals surface area (Å²) in [6.45, 7) is 0. The van der Waals surface area contributed by atoms with Crippen molar-refractivity contribution in [3.8, 4) is 0 Å². The molecule has 1 aliphatic carbocycles. The van der Waals surface area contributed by atoms with Crippen LogP contribution in [0.2, 0.25) is 0 Å². The van der Waals surface area contributed by atoms with Gasteiger partial charge in [-0.05, 0) is 41.2 Å². The zero-order chi connectivity index (χ0) is 12.4. The Bertz CT molecular complexity index is 509. The lowest BCUT2D eigenvalue weighted by Gasteiger charge is -2.22. The molecule has 1 aromatic carbocycles. The second-order valence-corrected chi connectivity index (χ2v) is 6.38. The third kappa shape index (κ3) is 2.32. The summed E-state index contributed by atoms with van der Waals surface area (Å²) in [7, 11) is 0. The molecule has 1 saturated carbocycles. The van der Waals surface area contributed by atoms with E-state index < -0.39 is 0 Å². The Kier molecular flexibility index (Phi) is 3.67. The highest BCUT2D eigenvalue weighted by atomic mass is 32.1. The molecule has 1 unspecified atom stereocenters. The van der Waals surface area contributed by atoms with Gasteiger partial charge in [0.2, 0.25) is 0 Å². The summed E-state index contributed by atoms with van der Waals surface area (Å²) in [5, 5.41) is 3.65. The van der Waals surface area contributed by atoms with Gasteiger partial charge in [-0.2, -0.15) is 0 Å². The van der Waals surface area contributed by atoms with E-state index in [2.05, 4.69) is 29.6 Å². The molecule has 1 aromatic heterocycles. The molecule has 0 amide bonds. The van der Waals surface area contributed by atoms with Crippen LogP contribution in [0.4, 0.5) is 0 Å². The molecular weight excluding hydrogens is 238 g/mol. The zero-order valence-corrected chi connectivity index (χ0v) is 11.6. The maximum Gasteiger partial charge on any atom is 0.0346 e. The van der Waals surface area contributed by atoms with Crippen LogP contribution in [0, 0.1) is 5.92 Å². The van der Waals surface area contributed by atoms with Gasteiger partial charge in [-0.15, -0.1) is 11.3 Å². The first kappa shape index (κ1) is 12.2. The molecule has 1 heterocycles. The standard InChI is InChI=1S/C16H21NS/c17-16(12-7-3-1-2-4-8-12)14-11-18-15-10-6-5-9-13(14)15/h5-6,9-12,16H,1-4,7-8,17H2. The Hall–Kier alpha value is -0.860. The molecule has 0 radical (unpaired) electrons. The minimum absolute atomic E-state index is 0.235. The maximum absolute atomic E-state index is 6.56. The van der Waals surface area contributed by atoms with E-state index in [1.807, 2.05) is 11.3 Å². The molecule has 1 nitrogen and oxygen atoms in total. The van der Waals surface area contributed by atoms with Gasteiger partial charge in [-0.3, -0.25) is 0 Å². The van der Waals surface area contributed by atoms with Crippen LogP contribution in [0.1, 0.15) is 50.1 Å². The van der Waals surface area contributed by atoms with E-state index in [0.29, 0.717) is 5.92 Å². The molecule has 2 aromatic rings. The van der Waals surface area contributed by atoms with Crippen molar-refractivity contribution in [2.75, 3.05) is 0 Å². The number of hydrogen-bond acceptors (Lipinski definition) is 2. The largest absolute Gasteiger partial charge is 0.324 e. The Morgan fingerprint density at radius 3 is 2.56 bits per heavy atom. The van der Waals surface area contributed by atoms with Gasteiger partial charge in [-0.25, -0.2) is 0 Å². The minimum Gasteiger partial charge on any atom is -0.324 e. The topological polar surface area (TPSA) is 26.0 Å². The average Bonchev–Trinajstić information content (AvgIpc) is 2.65. The molecule has 1 atom stereocenters. The molecule has 2 N–H and O–H groups in total. The molecule has 0 bridgehead atoms. The average molecular weight is 259 g/mol. The van der Waals surface area contributed by atoms with Gasteiger partial charge in [0.05, 0.1) is 0 Å². The van der Waals surface area contributed by atoms with Crippen LogP contribution in [-0.2, 0) is 0 Å². The first-order chi connectivity index (χ1) is 8.86. The Balaban J connectivity index is 1.88. The molecule has 0 aliphatic heterocycles. The molecule has 96 valence electrons. The van der Waals surface area contributed by atoms with Crippen molar-refractivity contribution in [1.82, 2.24) is 0 Å². The SMILES string of the molecule is NC(c1csc2ccccc12)C1CCCCCC1. The highest BCUT2D eigenvalue weighted by molar-refractivity contribution is 7.17. The summed E-state index contributed by atoms with van der Waals surface area (Å²) in [6.07, 6.45) is 8.14. The van der Waals surface area contributed by atoms with Gasteiger partial charge in [-0.1, -0.05) is 43.9 Å². The molecule has 18 heavy (non-hydrogen) atoms. The summed E-state index contributed by atoms with van der Waals surface area (Å²) >= 11 is 1.83. The maximum atomic E-state index is 6.56. The van der Waals surface area contributed by atoms with Gasteiger partial charge in [0.1, 0.15) is 0 Å². The van der Waals surface area contributed by atoms with Crippen LogP contribution in [-0.4, -0.2) is 0 Å². The number of benzene rings is 1. The smallest absolute Gasteiger partial charge is 0.0346 e. The molecule has 3 rings (SSSR count). The van der Waals surface area contributed by atoms with Crippen molar-refractivity contribution < 1.29 is 0 Å². The van der Waals surface area contributed by atoms with Crippen molar-refractivity contribution in [1.29, 1.82) is 0 Å². The molecule has 1 fully saturated rings. The van der Waals surface area contributed by atoms with E-state index in [-0.39, 0.29) is 6.04 Å². The lowest BCUT2D eigenvalue weighted by molar-refractivity contribution is 0.384. The fraction of sp³-hybridized carbons (Fsp3) is 0.500. The Morgan fingerprint density at radius 2 is 1.78 bits per heavy atom. The van der Waals surface area contributed by atoms with E-state index >= 15 is 0 Å². The van der Waals surface area contributed by atoms with Crippen molar-refractivity contribution in [3.05, 3.63) is 35.2 Å². The Morgan fingerprint density at radius 1 is 1.06 bits per heavy atom. The minimum atomic E-state index is 0.235. The summed E-state index contributed by atoms with van der Waals surface area (Å²) < 4.78 is 1.37. The monoisotopic (exact) mass is 259 g/mol. The van der Waals surface area contributed by atoms with Crippen LogP contribution in [0.25, 0.3) is 10.1 Å². The van der Waals surface area contributed by atoms with Crippen molar-refractivity contribution in [2.45, 2.75) is 44.6 Å². The van der Waals surface area contributed by atoms with E-state index in [0.717, 1.165) is 0 Å². The first-order valence-corrected chi connectivity index (χ1v) is 7.96. The molecule has 2 heteroatoms. The van der Waals surface area contributed by atoms with Gasteiger partial charge >= 0.3 is 0 Å². The number of hydrogen-bond donors (Lipinski definition) is 1. The summed E-state index contributed by atoms with van der Waals surface area (Å²) in [4.78, 5) is 0. The van der Waals surface area contributed by atoms with Gasteiger partial charge in [0, 0.05) is 10.7 Å². The highest BCUT2D eigenvalue weighted by Crippen LogP contribution is 2.37. The first-order valence-electron chi connectivity index (χ1n) is 7.08. The van der Waals surface area contributed by atoms with Crippen molar-refractivity contribution >= 4 is 21.4 Å². The quantitative estimate of drug-likeness (QED) is 0.765. The van der Waals surface area contributed by atoms with Gasteiger partial charge < -0.3 is 5.73 Å². The second-order valence-electron chi connectivity index (χ2n) is 5.46. The highest BCUT2D eigenvalue weighted by Gasteiger charge is 2.22. The predicted octanol–water partition coefficient (Wildman–Crippen LogP) is 4.87. The predicted molar refractivity (Wildman–Crippen MR) is 79.9 cm³/mol. The normalized spacial score (nSPS) is 19.8. The zero-order valence-electron chi connectivity index (χ0n) is 10.8. The van der Waals surface area contributed by atoms with E-state index in [9.17, 15) is 0 Å². The lowest BCUT2D eigenvalue weighted by atomic mass is 9.88. The number of nitrogens with two attached hydrogens (primary N) is 1. The molecule has 1 aliphatic rings. The van der Waals surface area contributed by atoms with Crippen LogP contribution in [0.3, 0.4) is 0 Å². The van der Waals surface area contributed by atoms with E-state index in [4.69, 9.17) is 5.73 Å². The molecule has 0 spiro atoms.